The lowest BCUT2D eigenvalue weighted by Gasteiger charge is -2.62. The molecule has 2 heterocycles. The third-order valence-corrected chi connectivity index (χ3v) is 12.1. The Balaban J connectivity index is 1.30. The predicted octanol–water partition coefficient (Wildman–Crippen LogP) is 4.30. The summed E-state index contributed by atoms with van der Waals surface area (Å²) in [6.07, 6.45) is 11.5. The van der Waals surface area contributed by atoms with E-state index in [1.165, 1.54) is 51.4 Å². The molecule has 6 rings (SSSR count). The number of nitrogens with one attached hydrogen (secondary N) is 1. The molecule has 31 heavy (non-hydrogen) atoms. The number of aliphatic hydroxyl groups is 1. The molecule has 0 aromatic heterocycles. The molecule has 4 aliphatic carbocycles. The lowest BCUT2D eigenvalue weighted by Crippen LogP contribution is -2.68. The van der Waals surface area contributed by atoms with E-state index < -0.39 is 5.79 Å². The van der Waals surface area contributed by atoms with Crippen LogP contribution in [0.3, 0.4) is 0 Å². The zero-order valence-corrected chi connectivity index (χ0v) is 20.3. The van der Waals surface area contributed by atoms with Gasteiger partial charge in [-0.05, 0) is 110 Å². The Hall–Kier alpha value is -0.160. The largest absolute Gasteiger partial charge is 0.364 e. The van der Waals surface area contributed by atoms with Crippen LogP contribution < -0.4 is 11.1 Å². The van der Waals surface area contributed by atoms with Gasteiger partial charge in [0.25, 0.3) is 0 Å². The summed E-state index contributed by atoms with van der Waals surface area (Å²) in [5, 5.41) is 15.3. The van der Waals surface area contributed by atoms with Crippen molar-refractivity contribution in [2.45, 2.75) is 109 Å². The lowest BCUT2D eigenvalue weighted by atomic mass is 9.44. The molecule has 0 bridgehead atoms. The molecular weight excluding hydrogens is 384 g/mol. The lowest BCUT2D eigenvalue weighted by molar-refractivity contribution is -0.310. The van der Waals surface area contributed by atoms with Crippen molar-refractivity contribution in [2.24, 2.45) is 58.0 Å². The van der Waals surface area contributed by atoms with Gasteiger partial charge in [-0.25, -0.2) is 0 Å². The zero-order valence-electron chi connectivity index (χ0n) is 20.3. The Morgan fingerprint density at radius 3 is 2.55 bits per heavy atom. The Morgan fingerprint density at radius 2 is 1.74 bits per heavy atom. The number of nitrogens with two attached hydrogens (primary N) is 1. The van der Waals surface area contributed by atoms with Gasteiger partial charge in [0.05, 0.1) is 12.1 Å². The summed E-state index contributed by atoms with van der Waals surface area (Å²) in [6.45, 7) is 10.9. The van der Waals surface area contributed by atoms with Gasteiger partial charge in [0, 0.05) is 12.5 Å². The van der Waals surface area contributed by atoms with E-state index in [0.717, 1.165) is 36.6 Å². The summed E-state index contributed by atoms with van der Waals surface area (Å²) in [5.41, 5.74) is 7.27. The fourth-order valence-electron chi connectivity index (χ4n) is 10.8. The van der Waals surface area contributed by atoms with Crippen LogP contribution in [-0.4, -0.2) is 35.6 Å². The molecule has 2 aliphatic heterocycles. The molecule has 0 amide bonds. The van der Waals surface area contributed by atoms with Crippen LogP contribution in [-0.2, 0) is 4.74 Å². The van der Waals surface area contributed by atoms with E-state index in [-0.39, 0.29) is 12.1 Å². The van der Waals surface area contributed by atoms with Gasteiger partial charge < -0.3 is 20.9 Å². The Morgan fingerprint density at radius 1 is 0.968 bits per heavy atom. The first-order valence-corrected chi connectivity index (χ1v) is 13.5. The van der Waals surface area contributed by atoms with E-state index in [1.807, 2.05) is 0 Å². The van der Waals surface area contributed by atoms with Gasteiger partial charge in [-0.15, -0.1) is 0 Å². The molecule has 0 unspecified atom stereocenters. The van der Waals surface area contributed by atoms with Crippen molar-refractivity contribution >= 4 is 0 Å². The topological polar surface area (TPSA) is 67.5 Å². The number of fused-ring (bicyclic) bond motifs is 8. The summed E-state index contributed by atoms with van der Waals surface area (Å²) in [6, 6.07) is 0.525. The summed E-state index contributed by atoms with van der Waals surface area (Å²) in [5.74, 6) is 3.88. The smallest absolute Gasteiger partial charge is 0.181 e. The molecule has 0 spiro atoms. The van der Waals surface area contributed by atoms with Crippen molar-refractivity contribution < 1.29 is 9.84 Å². The van der Waals surface area contributed by atoms with Gasteiger partial charge in [0.15, 0.2) is 5.79 Å². The molecule has 13 atom stereocenters. The first-order chi connectivity index (χ1) is 14.7. The van der Waals surface area contributed by atoms with Gasteiger partial charge >= 0.3 is 0 Å². The highest BCUT2D eigenvalue weighted by atomic mass is 16.6. The second-order valence-corrected chi connectivity index (χ2v) is 13.6. The summed E-state index contributed by atoms with van der Waals surface area (Å²) in [7, 11) is 0. The summed E-state index contributed by atoms with van der Waals surface area (Å²) < 4.78 is 6.70. The van der Waals surface area contributed by atoms with Gasteiger partial charge in [-0.1, -0.05) is 27.7 Å². The molecule has 2 saturated heterocycles. The van der Waals surface area contributed by atoms with Crippen LogP contribution in [0.2, 0.25) is 0 Å². The van der Waals surface area contributed by atoms with Crippen LogP contribution in [0.1, 0.15) is 85.5 Å². The minimum atomic E-state index is -0.968. The van der Waals surface area contributed by atoms with Gasteiger partial charge in [-0.3, -0.25) is 0 Å². The Kier molecular flexibility index (Phi) is 4.78. The molecule has 4 N–H and O–H groups in total. The molecule has 4 heteroatoms. The maximum absolute atomic E-state index is 11.6. The van der Waals surface area contributed by atoms with Gasteiger partial charge in [-0.2, -0.15) is 0 Å². The molecule has 0 radical (unpaired) electrons. The van der Waals surface area contributed by atoms with E-state index in [4.69, 9.17) is 10.5 Å². The SMILES string of the molecule is C[C@H]1CN[C@@H]2[C@@H](C)[C@H]3[C@@H](C[C@H]4[C@@H]5CC[C@H]6C[C@@H](N)CC[C@]6(C)[C@H]5CC[C@]34C)O[C@@]2(O)C1. The highest BCUT2D eigenvalue weighted by molar-refractivity contribution is 5.15. The maximum atomic E-state index is 11.6. The fourth-order valence-corrected chi connectivity index (χ4v) is 10.8. The zero-order chi connectivity index (χ0) is 21.8. The second-order valence-electron chi connectivity index (χ2n) is 13.6. The molecule has 6 fully saturated rings. The standard InChI is InChI=1S/C27H46N2O2/c1-15-13-27(30)24(29-14-15)16(2)23-22(31-27)12-21-19-6-5-17-11-18(28)7-9-25(17,3)20(19)8-10-26(21,23)4/h15-24,29-30H,5-14,28H2,1-4H3/t15-,16+,17+,18+,19-,20+,21+,22-,23+,24-,25+,26+,27+/m1/s1. The third kappa shape index (κ3) is 2.87. The van der Waals surface area contributed by atoms with Crippen LogP contribution in [0.5, 0.6) is 0 Å². The number of hydrogen-bond donors (Lipinski definition) is 3. The third-order valence-electron chi connectivity index (χ3n) is 12.1. The average Bonchev–Trinajstić information content (AvgIpc) is 2.99. The molecule has 0 aromatic carbocycles. The van der Waals surface area contributed by atoms with Crippen LogP contribution in [0.15, 0.2) is 0 Å². The minimum Gasteiger partial charge on any atom is -0.364 e. The quantitative estimate of drug-likeness (QED) is 0.536. The number of hydrogen-bond acceptors (Lipinski definition) is 4. The van der Waals surface area contributed by atoms with E-state index in [9.17, 15) is 5.11 Å². The normalized spacial score (nSPS) is 63.3. The second kappa shape index (κ2) is 6.93. The van der Waals surface area contributed by atoms with Gasteiger partial charge in [0.2, 0.25) is 0 Å². The molecular formula is C27H46N2O2. The van der Waals surface area contributed by atoms with Crippen molar-refractivity contribution in [1.82, 2.24) is 5.32 Å². The van der Waals surface area contributed by atoms with E-state index in [0.29, 0.717) is 34.6 Å². The predicted molar refractivity (Wildman–Crippen MR) is 123 cm³/mol. The Bertz CT molecular complexity index is 730. The highest BCUT2D eigenvalue weighted by Crippen LogP contribution is 2.69. The maximum Gasteiger partial charge on any atom is 0.181 e. The van der Waals surface area contributed by atoms with Crippen molar-refractivity contribution in [2.75, 3.05) is 6.54 Å². The highest BCUT2D eigenvalue weighted by Gasteiger charge is 2.67. The van der Waals surface area contributed by atoms with E-state index >= 15 is 0 Å². The number of rotatable bonds is 0. The van der Waals surface area contributed by atoms with E-state index in [2.05, 4.69) is 33.0 Å². The molecule has 0 aromatic rings. The van der Waals surface area contributed by atoms with Crippen molar-refractivity contribution in [1.29, 1.82) is 0 Å². The molecule has 4 nitrogen and oxygen atoms in total. The van der Waals surface area contributed by atoms with Crippen LogP contribution >= 0.6 is 0 Å². The number of ether oxygens (including phenoxy) is 1. The van der Waals surface area contributed by atoms with Crippen LogP contribution in [0, 0.1) is 52.3 Å². The van der Waals surface area contributed by atoms with Gasteiger partial charge in [0.1, 0.15) is 0 Å². The summed E-state index contributed by atoms with van der Waals surface area (Å²) in [4.78, 5) is 0. The van der Waals surface area contributed by atoms with Crippen LogP contribution in [0.4, 0.5) is 0 Å². The van der Waals surface area contributed by atoms with E-state index in [1.54, 1.807) is 0 Å². The van der Waals surface area contributed by atoms with Crippen LogP contribution in [0.25, 0.3) is 0 Å². The van der Waals surface area contributed by atoms with Crippen molar-refractivity contribution in [3.8, 4) is 0 Å². The summed E-state index contributed by atoms with van der Waals surface area (Å²) >= 11 is 0. The molecule has 4 saturated carbocycles. The molecule has 6 aliphatic rings. The van der Waals surface area contributed by atoms with Crippen molar-refractivity contribution in [3.63, 3.8) is 0 Å². The first-order valence-electron chi connectivity index (χ1n) is 13.5. The Labute approximate surface area is 189 Å². The van der Waals surface area contributed by atoms with Crippen molar-refractivity contribution in [3.05, 3.63) is 0 Å². The molecule has 176 valence electrons. The minimum absolute atomic E-state index is 0.0892. The first kappa shape index (κ1) is 21.4. The average molecular weight is 431 g/mol. The monoisotopic (exact) mass is 430 g/mol. The number of piperidine rings is 1. The fraction of sp³-hybridized carbons (Fsp3) is 1.00.